The van der Waals surface area contributed by atoms with E-state index in [1.54, 1.807) is 4.40 Å². The Morgan fingerprint density at radius 3 is 1.98 bits per heavy atom. The average molecular weight is 713 g/mol. The van der Waals surface area contributed by atoms with Crippen LogP contribution in [0.3, 0.4) is 0 Å². The van der Waals surface area contributed by atoms with E-state index in [0.29, 0.717) is 10.8 Å². The number of nitrogens with zero attached hydrogens (tertiary/aromatic N) is 4. The van der Waals surface area contributed by atoms with E-state index in [-0.39, 0.29) is 5.69 Å². The molecule has 7 heteroatoms. The highest BCUT2D eigenvalue weighted by molar-refractivity contribution is 7.21. The highest BCUT2D eigenvalue weighted by Crippen LogP contribution is 2.45. The van der Waals surface area contributed by atoms with Gasteiger partial charge in [-0.15, -0.1) is 0 Å². The predicted octanol–water partition coefficient (Wildman–Crippen LogP) is 11.8. The van der Waals surface area contributed by atoms with E-state index in [4.69, 9.17) is 9.40 Å². The van der Waals surface area contributed by atoms with Crippen LogP contribution < -0.4 is 5.69 Å². The fourth-order valence-corrected chi connectivity index (χ4v) is 9.01. The van der Waals surface area contributed by atoms with Gasteiger partial charge < -0.3 is 8.98 Å². The zero-order valence-corrected chi connectivity index (χ0v) is 29.5. The van der Waals surface area contributed by atoms with Gasteiger partial charge in [-0.1, -0.05) is 133 Å². The molecule has 0 aliphatic rings. The molecule has 0 fully saturated rings. The van der Waals surface area contributed by atoms with Crippen LogP contribution in [0.25, 0.3) is 98.6 Å². The van der Waals surface area contributed by atoms with Crippen molar-refractivity contribution in [3.8, 4) is 49.9 Å². The van der Waals surface area contributed by atoms with Crippen molar-refractivity contribution in [1.29, 1.82) is 0 Å². The molecule has 0 aliphatic heterocycles. The van der Waals surface area contributed by atoms with Crippen molar-refractivity contribution >= 4 is 60.0 Å². The minimum atomic E-state index is -0.365. The second-order valence-corrected chi connectivity index (χ2v) is 14.3. The van der Waals surface area contributed by atoms with E-state index in [2.05, 4.69) is 107 Å². The third kappa shape index (κ3) is 4.69. The number of thiazole rings is 1. The van der Waals surface area contributed by atoms with Gasteiger partial charge in [0.1, 0.15) is 11.2 Å². The summed E-state index contributed by atoms with van der Waals surface area (Å²) in [7, 11) is 0. The number of rotatable bonds is 5. The van der Waals surface area contributed by atoms with Crippen molar-refractivity contribution in [2.45, 2.75) is 0 Å². The first kappa shape index (κ1) is 30.5. The molecule has 0 atom stereocenters. The Labute approximate surface area is 312 Å². The normalized spacial score (nSPS) is 11.8. The molecule has 0 saturated carbocycles. The van der Waals surface area contributed by atoms with E-state index in [1.807, 2.05) is 72.8 Å². The summed E-state index contributed by atoms with van der Waals surface area (Å²) in [5.41, 5.74) is 10.3. The van der Waals surface area contributed by atoms with Crippen molar-refractivity contribution in [2.24, 2.45) is 0 Å². The zero-order valence-electron chi connectivity index (χ0n) is 28.7. The van der Waals surface area contributed by atoms with Gasteiger partial charge in [-0.3, -0.25) is 0 Å². The summed E-state index contributed by atoms with van der Waals surface area (Å²) in [6.45, 7) is 0. The van der Waals surface area contributed by atoms with Crippen LogP contribution in [0.15, 0.2) is 179 Å². The van der Waals surface area contributed by atoms with Crippen LogP contribution in [0.2, 0.25) is 0 Å². The molecule has 0 aliphatic carbocycles. The third-order valence-electron chi connectivity index (χ3n) is 10.3. The Hall–Kier alpha value is -7.09. The number of hydrogen-bond donors (Lipinski definition) is 0. The number of fused-ring (bicyclic) bond motifs is 7. The van der Waals surface area contributed by atoms with Gasteiger partial charge in [-0.2, -0.15) is 9.97 Å². The fourth-order valence-electron chi connectivity index (χ4n) is 7.85. The molecule has 11 aromatic rings. The largest absolute Gasteiger partial charge is 0.456 e. The van der Waals surface area contributed by atoms with E-state index in [0.717, 1.165) is 71.5 Å². The van der Waals surface area contributed by atoms with Crippen molar-refractivity contribution in [2.75, 3.05) is 0 Å². The lowest BCUT2D eigenvalue weighted by Gasteiger charge is -2.08. The number of benzene rings is 7. The molecule has 54 heavy (non-hydrogen) atoms. The molecule has 0 spiro atoms. The predicted molar refractivity (Wildman–Crippen MR) is 220 cm³/mol. The van der Waals surface area contributed by atoms with E-state index < -0.39 is 0 Å². The Morgan fingerprint density at radius 2 is 1.19 bits per heavy atom. The summed E-state index contributed by atoms with van der Waals surface area (Å²) >= 11 is 1.49. The van der Waals surface area contributed by atoms with Gasteiger partial charge in [0.2, 0.25) is 4.96 Å². The van der Waals surface area contributed by atoms with Crippen LogP contribution in [0.5, 0.6) is 0 Å². The molecule has 4 aromatic heterocycles. The molecular formula is C47H28N4O2S. The number of para-hydroxylation sites is 2. The first-order valence-corrected chi connectivity index (χ1v) is 18.6. The lowest BCUT2D eigenvalue weighted by atomic mass is 9.98. The molecular weight excluding hydrogens is 685 g/mol. The Kier molecular flexibility index (Phi) is 6.77. The molecule has 0 saturated heterocycles. The second-order valence-electron chi connectivity index (χ2n) is 13.4. The topological polar surface area (TPSA) is 65.3 Å². The molecule has 0 radical (unpaired) electrons. The molecule has 6 nitrogen and oxygen atoms in total. The average Bonchev–Trinajstić information content (AvgIpc) is 3.91. The molecule has 7 aromatic carbocycles. The SMILES string of the molecule is O=c1nc(-c2ccccc2)nc2sc(-c3cccc4oc5ccc(-c6ccc7c(c6)c6ccccc6n7-c6ccccc6)cc5c34)c(-c3ccccc3)n12. The molecule has 0 bridgehead atoms. The van der Waals surface area contributed by atoms with Crippen LogP contribution in [0, 0.1) is 0 Å². The lowest BCUT2D eigenvalue weighted by molar-refractivity contribution is 0.669. The molecule has 4 heterocycles. The summed E-state index contributed by atoms with van der Waals surface area (Å²) in [5.74, 6) is 0.411. The van der Waals surface area contributed by atoms with Gasteiger partial charge in [-0.25, -0.2) is 9.20 Å². The van der Waals surface area contributed by atoms with Crippen LogP contribution in [-0.2, 0) is 0 Å². The summed E-state index contributed by atoms with van der Waals surface area (Å²) in [4.78, 5) is 24.8. The van der Waals surface area contributed by atoms with Gasteiger partial charge in [0.15, 0.2) is 5.82 Å². The first-order valence-electron chi connectivity index (χ1n) is 17.8. The van der Waals surface area contributed by atoms with Crippen molar-refractivity contribution in [3.05, 3.63) is 180 Å². The van der Waals surface area contributed by atoms with E-state index in [1.165, 1.54) is 27.6 Å². The van der Waals surface area contributed by atoms with Crippen LogP contribution >= 0.6 is 11.3 Å². The number of furan rings is 1. The Morgan fingerprint density at radius 1 is 0.519 bits per heavy atom. The monoisotopic (exact) mass is 712 g/mol. The molecule has 0 N–H and O–H groups in total. The van der Waals surface area contributed by atoms with Crippen molar-refractivity contribution in [1.82, 2.24) is 18.9 Å². The minimum absolute atomic E-state index is 0.365. The molecule has 0 unspecified atom stereocenters. The highest BCUT2D eigenvalue weighted by Gasteiger charge is 2.23. The second kappa shape index (κ2) is 12.0. The summed E-state index contributed by atoms with van der Waals surface area (Å²) in [6, 6.07) is 58.1. The lowest BCUT2D eigenvalue weighted by Crippen LogP contribution is -2.19. The first-order chi connectivity index (χ1) is 26.7. The number of aromatic nitrogens is 4. The van der Waals surface area contributed by atoms with Crippen LogP contribution in [0.1, 0.15) is 0 Å². The van der Waals surface area contributed by atoms with Gasteiger partial charge in [0.05, 0.1) is 21.6 Å². The standard InChI is InChI=1S/C47H28N4O2S/c52-46-48-45(30-15-6-2-7-16-30)49-47-51(46)43(29-13-4-1-5-14-29)44(54-47)35-20-12-22-41-42(35)37-28-32(24-26-40(37)53-41)31-23-25-39-36(27-31)34-19-10-11-21-38(34)50(39)33-17-8-3-9-18-33/h1-28H. The third-order valence-corrected chi connectivity index (χ3v) is 11.3. The maximum absolute atomic E-state index is 13.9. The van der Waals surface area contributed by atoms with Crippen LogP contribution in [0.4, 0.5) is 0 Å². The van der Waals surface area contributed by atoms with Crippen LogP contribution in [-0.4, -0.2) is 18.9 Å². The highest BCUT2D eigenvalue weighted by atomic mass is 32.1. The maximum atomic E-state index is 13.9. The summed E-state index contributed by atoms with van der Waals surface area (Å²) in [6.07, 6.45) is 0. The van der Waals surface area contributed by atoms with E-state index >= 15 is 0 Å². The van der Waals surface area contributed by atoms with Gasteiger partial charge in [0, 0.05) is 43.9 Å². The van der Waals surface area contributed by atoms with E-state index in [9.17, 15) is 4.79 Å². The van der Waals surface area contributed by atoms with Gasteiger partial charge in [0.25, 0.3) is 0 Å². The summed E-state index contributed by atoms with van der Waals surface area (Å²) in [5, 5.41) is 4.40. The zero-order chi connectivity index (χ0) is 35.8. The van der Waals surface area contributed by atoms with Crippen molar-refractivity contribution in [3.63, 3.8) is 0 Å². The Bertz CT molecular complexity index is 3290. The van der Waals surface area contributed by atoms with Crippen molar-refractivity contribution < 1.29 is 4.42 Å². The molecule has 11 rings (SSSR count). The van der Waals surface area contributed by atoms with Gasteiger partial charge in [-0.05, 0) is 59.7 Å². The number of hydrogen-bond acceptors (Lipinski definition) is 5. The Balaban J connectivity index is 1.13. The maximum Gasteiger partial charge on any atom is 0.356 e. The molecule has 254 valence electrons. The quantitative estimate of drug-likeness (QED) is 0.178. The molecule has 0 amide bonds. The summed E-state index contributed by atoms with van der Waals surface area (Å²) < 4.78 is 10.5. The smallest absolute Gasteiger partial charge is 0.356 e. The minimum Gasteiger partial charge on any atom is -0.456 e. The van der Waals surface area contributed by atoms with Gasteiger partial charge >= 0.3 is 5.69 Å². The fraction of sp³-hybridized carbons (Fsp3) is 0.